The van der Waals surface area contributed by atoms with Gasteiger partial charge in [-0.3, -0.25) is 0 Å². The Morgan fingerprint density at radius 1 is 0.864 bits per heavy atom. The molecule has 2 aromatic rings. The molecule has 0 spiro atoms. The monoisotopic (exact) mass is 295 g/mol. The zero-order valence-corrected chi connectivity index (χ0v) is 13.8. The lowest BCUT2D eigenvalue weighted by Gasteiger charge is -2.24. The smallest absolute Gasteiger partial charge is 0.194 e. The van der Waals surface area contributed by atoms with Crippen LogP contribution in [0.4, 0.5) is 0 Å². The van der Waals surface area contributed by atoms with E-state index in [-0.39, 0.29) is 12.1 Å². The van der Waals surface area contributed by atoms with Crippen molar-refractivity contribution < 1.29 is 0 Å². The van der Waals surface area contributed by atoms with E-state index in [1.807, 2.05) is 31.1 Å². The van der Waals surface area contributed by atoms with E-state index in [1.165, 1.54) is 11.1 Å². The van der Waals surface area contributed by atoms with Crippen molar-refractivity contribution in [1.82, 2.24) is 10.2 Å². The third kappa shape index (κ3) is 4.35. The van der Waals surface area contributed by atoms with Crippen molar-refractivity contribution in [3.63, 3.8) is 0 Å². The van der Waals surface area contributed by atoms with Crippen LogP contribution in [0, 0.1) is 0 Å². The van der Waals surface area contributed by atoms with E-state index in [2.05, 4.69) is 67.7 Å². The first kappa shape index (κ1) is 16.1. The number of guanidine groups is 1. The predicted octanol–water partition coefficient (Wildman–Crippen LogP) is 4.02. The third-order valence-electron chi connectivity index (χ3n) is 3.67. The molecule has 22 heavy (non-hydrogen) atoms. The Balaban J connectivity index is 2.14. The SMILES string of the molecule is C[C@@H](N=C(N[C@H](C)c1ccccc1)N(C)C)c1ccccc1. The molecule has 0 saturated carbocycles. The van der Waals surface area contributed by atoms with Gasteiger partial charge in [-0.2, -0.15) is 0 Å². The fourth-order valence-electron chi connectivity index (χ4n) is 2.29. The molecule has 0 unspecified atom stereocenters. The van der Waals surface area contributed by atoms with Crippen LogP contribution in [0.25, 0.3) is 0 Å². The summed E-state index contributed by atoms with van der Waals surface area (Å²) in [6.45, 7) is 4.27. The van der Waals surface area contributed by atoms with Gasteiger partial charge in [0.25, 0.3) is 0 Å². The minimum Gasteiger partial charge on any atom is -0.350 e. The van der Waals surface area contributed by atoms with Crippen molar-refractivity contribution in [2.45, 2.75) is 25.9 Å². The molecule has 3 heteroatoms. The number of hydrogen-bond donors (Lipinski definition) is 1. The number of aliphatic imine (C=N–C) groups is 1. The summed E-state index contributed by atoms with van der Waals surface area (Å²) in [5, 5.41) is 3.51. The molecule has 0 aromatic heterocycles. The normalized spacial score (nSPS) is 14.3. The van der Waals surface area contributed by atoms with Gasteiger partial charge in [0.2, 0.25) is 0 Å². The lowest BCUT2D eigenvalue weighted by atomic mass is 10.1. The maximum absolute atomic E-state index is 4.84. The van der Waals surface area contributed by atoms with Crippen LogP contribution >= 0.6 is 0 Å². The summed E-state index contributed by atoms with van der Waals surface area (Å²) in [7, 11) is 4.03. The van der Waals surface area contributed by atoms with Crippen LogP contribution in [0.1, 0.15) is 37.1 Å². The maximum Gasteiger partial charge on any atom is 0.194 e. The van der Waals surface area contributed by atoms with Crippen LogP contribution in [-0.4, -0.2) is 25.0 Å². The molecule has 0 aliphatic heterocycles. The van der Waals surface area contributed by atoms with E-state index >= 15 is 0 Å². The van der Waals surface area contributed by atoms with Crippen LogP contribution in [0.3, 0.4) is 0 Å². The number of hydrogen-bond acceptors (Lipinski definition) is 1. The van der Waals surface area contributed by atoms with Crippen LogP contribution in [-0.2, 0) is 0 Å². The first-order chi connectivity index (χ1) is 10.6. The van der Waals surface area contributed by atoms with Gasteiger partial charge in [-0.25, -0.2) is 4.99 Å². The van der Waals surface area contributed by atoms with Gasteiger partial charge in [0, 0.05) is 14.1 Å². The first-order valence-electron chi connectivity index (χ1n) is 7.69. The second-order valence-corrected chi connectivity index (χ2v) is 5.71. The summed E-state index contributed by atoms with van der Waals surface area (Å²) >= 11 is 0. The molecule has 116 valence electrons. The summed E-state index contributed by atoms with van der Waals surface area (Å²) in [5.41, 5.74) is 2.47. The molecule has 2 aromatic carbocycles. The Kier molecular flexibility index (Phi) is 5.59. The molecule has 0 heterocycles. The lowest BCUT2D eigenvalue weighted by molar-refractivity contribution is 0.547. The highest BCUT2D eigenvalue weighted by Crippen LogP contribution is 2.17. The number of benzene rings is 2. The Bertz CT molecular complexity index is 591. The van der Waals surface area contributed by atoms with Gasteiger partial charge in [0.15, 0.2) is 5.96 Å². The molecular weight excluding hydrogens is 270 g/mol. The average molecular weight is 295 g/mol. The first-order valence-corrected chi connectivity index (χ1v) is 7.69. The van der Waals surface area contributed by atoms with Crippen molar-refractivity contribution >= 4 is 5.96 Å². The minimum atomic E-state index is 0.120. The van der Waals surface area contributed by atoms with Crippen molar-refractivity contribution in [2.75, 3.05) is 14.1 Å². The summed E-state index contributed by atoms with van der Waals surface area (Å²) < 4.78 is 0. The highest BCUT2D eigenvalue weighted by molar-refractivity contribution is 5.80. The summed E-state index contributed by atoms with van der Waals surface area (Å²) in [4.78, 5) is 6.87. The average Bonchev–Trinajstić information content (AvgIpc) is 2.55. The fourth-order valence-corrected chi connectivity index (χ4v) is 2.29. The number of nitrogens with one attached hydrogen (secondary N) is 1. The second kappa shape index (κ2) is 7.64. The zero-order chi connectivity index (χ0) is 15.9. The van der Waals surface area contributed by atoms with Gasteiger partial charge in [0.1, 0.15) is 0 Å². The van der Waals surface area contributed by atoms with Gasteiger partial charge >= 0.3 is 0 Å². The fraction of sp³-hybridized carbons (Fsp3) is 0.316. The standard InChI is InChI=1S/C19H25N3/c1-15(17-11-7-5-8-12-17)20-19(22(3)4)21-16(2)18-13-9-6-10-14-18/h5-16H,1-4H3,(H,20,21)/t15-,16-/m1/s1. The van der Waals surface area contributed by atoms with E-state index in [9.17, 15) is 0 Å². The maximum atomic E-state index is 4.84. The Labute approximate surface area is 133 Å². The highest BCUT2D eigenvalue weighted by atomic mass is 15.3. The molecule has 0 fully saturated rings. The predicted molar refractivity (Wildman–Crippen MR) is 94.0 cm³/mol. The summed E-state index contributed by atoms with van der Waals surface area (Å²) in [5.74, 6) is 0.896. The molecule has 2 rings (SSSR count). The molecule has 0 amide bonds. The quantitative estimate of drug-likeness (QED) is 0.681. The molecule has 1 N–H and O–H groups in total. The van der Waals surface area contributed by atoms with E-state index < -0.39 is 0 Å². The topological polar surface area (TPSA) is 27.6 Å². The van der Waals surface area contributed by atoms with E-state index in [0.29, 0.717) is 0 Å². The van der Waals surface area contributed by atoms with Crippen molar-refractivity contribution in [2.24, 2.45) is 4.99 Å². The van der Waals surface area contributed by atoms with Crippen molar-refractivity contribution in [3.8, 4) is 0 Å². The zero-order valence-electron chi connectivity index (χ0n) is 13.8. The molecule has 0 aliphatic carbocycles. The van der Waals surface area contributed by atoms with Crippen molar-refractivity contribution in [3.05, 3.63) is 71.8 Å². The molecule has 0 saturated heterocycles. The second-order valence-electron chi connectivity index (χ2n) is 5.71. The molecular formula is C19H25N3. The molecule has 0 radical (unpaired) electrons. The van der Waals surface area contributed by atoms with Crippen molar-refractivity contribution in [1.29, 1.82) is 0 Å². The Morgan fingerprint density at radius 3 is 1.86 bits per heavy atom. The summed E-state index contributed by atoms with van der Waals surface area (Å²) in [6.07, 6.45) is 0. The van der Waals surface area contributed by atoms with E-state index in [1.54, 1.807) is 0 Å². The Morgan fingerprint density at radius 2 is 1.36 bits per heavy atom. The number of nitrogens with zero attached hydrogens (tertiary/aromatic N) is 2. The van der Waals surface area contributed by atoms with E-state index in [4.69, 9.17) is 4.99 Å². The third-order valence-corrected chi connectivity index (χ3v) is 3.67. The van der Waals surface area contributed by atoms with Crippen LogP contribution in [0.15, 0.2) is 65.7 Å². The Hall–Kier alpha value is -2.29. The van der Waals surface area contributed by atoms with Gasteiger partial charge in [0.05, 0.1) is 12.1 Å². The number of rotatable bonds is 4. The van der Waals surface area contributed by atoms with Crippen LogP contribution < -0.4 is 5.32 Å². The van der Waals surface area contributed by atoms with E-state index in [0.717, 1.165) is 5.96 Å². The largest absolute Gasteiger partial charge is 0.350 e. The highest BCUT2D eigenvalue weighted by Gasteiger charge is 2.11. The lowest BCUT2D eigenvalue weighted by Crippen LogP contribution is -2.38. The van der Waals surface area contributed by atoms with Gasteiger partial charge in [-0.15, -0.1) is 0 Å². The van der Waals surface area contributed by atoms with Gasteiger partial charge < -0.3 is 10.2 Å². The van der Waals surface area contributed by atoms with Crippen LogP contribution in [0.2, 0.25) is 0 Å². The van der Waals surface area contributed by atoms with Gasteiger partial charge in [-0.1, -0.05) is 60.7 Å². The minimum absolute atomic E-state index is 0.120. The molecule has 3 nitrogen and oxygen atoms in total. The molecule has 2 atom stereocenters. The summed E-state index contributed by atoms with van der Waals surface area (Å²) in [6, 6.07) is 21.1. The van der Waals surface area contributed by atoms with Crippen LogP contribution in [0.5, 0.6) is 0 Å². The molecule has 0 bridgehead atoms. The van der Waals surface area contributed by atoms with Gasteiger partial charge in [-0.05, 0) is 25.0 Å². The molecule has 0 aliphatic rings.